The number of ether oxygens (including phenoxy) is 1. The van der Waals surface area contributed by atoms with Crippen LogP contribution in [-0.4, -0.2) is 23.0 Å². The van der Waals surface area contributed by atoms with E-state index in [2.05, 4.69) is 5.32 Å². The largest absolute Gasteiger partial charge is 0.481 e. The van der Waals surface area contributed by atoms with Gasteiger partial charge in [-0.1, -0.05) is 26.1 Å². The molecule has 1 amide bonds. The fourth-order valence-electron chi connectivity index (χ4n) is 1.84. The van der Waals surface area contributed by atoms with Crippen molar-refractivity contribution in [3.8, 4) is 5.75 Å². The van der Waals surface area contributed by atoms with Crippen LogP contribution in [0.3, 0.4) is 0 Å². The van der Waals surface area contributed by atoms with Gasteiger partial charge >= 0.3 is 0 Å². The molecular formula is C15H21FN2O2S. The molecule has 116 valence electrons. The Labute approximate surface area is 129 Å². The highest BCUT2D eigenvalue weighted by molar-refractivity contribution is 7.80. The highest BCUT2D eigenvalue weighted by Crippen LogP contribution is 2.18. The summed E-state index contributed by atoms with van der Waals surface area (Å²) in [5.74, 6) is -0.519. The lowest BCUT2D eigenvalue weighted by atomic mass is 10.1. The first-order valence-electron chi connectivity index (χ1n) is 6.95. The Bertz CT molecular complexity index is 518. The van der Waals surface area contributed by atoms with Crippen LogP contribution in [0.2, 0.25) is 0 Å². The quantitative estimate of drug-likeness (QED) is 0.759. The average molecular weight is 312 g/mol. The van der Waals surface area contributed by atoms with Crippen LogP contribution in [0.5, 0.6) is 5.75 Å². The normalized spacial score (nSPS) is 12.0. The first kappa shape index (κ1) is 17.4. The van der Waals surface area contributed by atoms with E-state index in [0.29, 0.717) is 0 Å². The Morgan fingerprint density at radius 2 is 2.05 bits per heavy atom. The Balaban J connectivity index is 2.70. The van der Waals surface area contributed by atoms with E-state index in [9.17, 15) is 9.18 Å². The lowest BCUT2D eigenvalue weighted by Crippen LogP contribution is -2.42. The van der Waals surface area contributed by atoms with Crippen molar-refractivity contribution in [2.45, 2.75) is 45.8 Å². The van der Waals surface area contributed by atoms with Crippen molar-refractivity contribution in [3.63, 3.8) is 0 Å². The zero-order valence-electron chi connectivity index (χ0n) is 12.5. The molecule has 21 heavy (non-hydrogen) atoms. The van der Waals surface area contributed by atoms with Gasteiger partial charge in [0.25, 0.3) is 5.91 Å². The van der Waals surface area contributed by atoms with Gasteiger partial charge in [0, 0.05) is 17.7 Å². The fraction of sp³-hybridized carbons (Fsp3) is 0.467. The van der Waals surface area contributed by atoms with Crippen LogP contribution in [0.4, 0.5) is 4.39 Å². The molecule has 6 heteroatoms. The van der Waals surface area contributed by atoms with Gasteiger partial charge in [0.15, 0.2) is 6.10 Å². The van der Waals surface area contributed by atoms with Gasteiger partial charge in [0.1, 0.15) is 16.6 Å². The summed E-state index contributed by atoms with van der Waals surface area (Å²) in [6.07, 6.45) is 0.999. The van der Waals surface area contributed by atoms with Gasteiger partial charge in [-0.3, -0.25) is 4.79 Å². The van der Waals surface area contributed by atoms with Crippen LogP contribution >= 0.6 is 12.2 Å². The number of hydrogen-bond acceptors (Lipinski definition) is 3. The molecule has 0 heterocycles. The van der Waals surface area contributed by atoms with E-state index in [1.807, 2.05) is 13.8 Å². The summed E-state index contributed by atoms with van der Waals surface area (Å²) in [4.78, 5) is 11.9. The Hall–Kier alpha value is -1.69. The fourth-order valence-corrected chi connectivity index (χ4v) is 2.00. The predicted molar refractivity (Wildman–Crippen MR) is 84.9 cm³/mol. The average Bonchev–Trinajstić information content (AvgIpc) is 2.44. The van der Waals surface area contributed by atoms with Gasteiger partial charge in [-0.05, 0) is 31.9 Å². The second-order valence-electron chi connectivity index (χ2n) is 4.79. The molecule has 0 aliphatic carbocycles. The van der Waals surface area contributed by atoms with Gasteiger partial charge in [-0.25, -0.2) is 4.39 Å². The van der Waals surface area contributed by atoms with Crippen LogP contribution in [0, 0.1) is 5.82 Å². The lowest BCUT2D eigenvalue weighted by molar-refractivity contribution is -0.128. The number of hydrogen-bond donors (Lipinski definition) is 2. The van der Waals surface area contributed by atoms with E-state index >= 15 is 0 Å². The van der Waals surface area contributed by atoms with E-state index < -0.39 is 11.9 Å². The number of rotatable bonds is 7. The molecular weight excluding hydrogens is 291 g/mol. The zero-order valence-corrected chi connectivity index (χ0v) is 13.3. The van der Waals surface area contributed by atoms with Gasteiger partial charge in [0.05, 0.1) is 0 Å². The summed E-state index contributed by atoms with van der Waals surface area (Å²) >= 11 is 4.73. The third kappa shape index (κ3) is 4.97. The number of nitrogens with two attached hydrogens (primary N) is 1. The van der Waals surface area contributed by atoms with Gasteiger partial charge < -0.3 is 15.8 Å². The predicted octanol–water partition coefficient (Wildman–Crippen LogP) is 2.53. The molecule has 4 nitrogen and oxygen atoms in total. The first-order chi connectivity index (χ1) is 9.88. The molecule has 0 aromatic heterocycles. The number of amides is 1. The van der Waals surface area contributed by atoms with Crippen molar-refractivity contribution in [1.82, 2.24) is 5.32 Å². The van der Waals surface area contributed by atoms with E-state index in [-0.39, 0.29) is 28.3 Å². The molecule has 0 fully saturated rings. The van der Waals surface area contributed by atoms with Crippen LogP contribution in [0.15, 0.2) is 18.2 Å². The second-order valence-corrected chi connectivity index (χ2v) is 5.23. The van der Waals surface area contributed by atoms with E-state index in [4.69, 9.17) is 22.7 Å². The summed E-state index contributed by atoms with van der Waals surface area (Å²) < 4.78 is 19.2. The van der Waals surface area contributed by atoms with Crippen molar-refractivity contribution in [1.29, 1.82) is 0 Å². The lowest BCUT2D eigenvalue weighted by Gasteiger charge is -2.19. The molecule has 0 radical (unpaired) electrons. The summed E-state index contributed by atoms with van der Waals surface area (Å²) in [6, 6.07) is 4.28. The molecule has 0 saturated carbocycles. The molecule has 0 aliphatic heterocycles. The first-order valence-corrected chi connectivity index (χ1v) is 7.36. The number of thiocarbonyl (C=S) groups is 1. The molecule has 1 rings (SSSR count). The molecule has 1 aromatic rings. The van der Waals surface area contributed by atoms with Crippen molar-refractivity contribution >= 4 is 23.1 Å². The van der Waals surface area contributed by atoms with Gasteiger partial charge in [0.2, 0.25) is 0 Å². The number of halogens is 1. The topological polar surface area (TPSA) is 64.3 Å². The molecule has 0 saturated heterocycles. The standard InChI is InChI=1S/C15H21FN2O2S/c1-4-10(5-2)18-15(19)9(3)20-11-6-7-12(14(17)21)13(16)8-11/h6-10H,4-5H2,1-3H3,(H2,17,21)(H,18,19). The van der Waals surface area contributed by atoms with Gasteiger partial charge in [-0.15, -0.1) is 0 Å². The minimum atomic E-state index is -0.708. The summed E-state index contributed by atoms with van der Waals surface area (Å²) in [6.45, 7) is 5.63. The molecule has 0 spiro atoms. The monoisotopic (exact) mass is 312 g/mol. The molecule has 3 N–H and O–H groups in total. The maximum absolute atomic E-state index is 13.7. The Morgan fingerprint density at radius 1 is 1.43 bits per heavy atom. The van der Waals surface area contributed by atoms with Crippen molar-refractivity contribution in [2.24, 2.45) is 5.73 Å². The number of carbonyl (C=O) groups excluding carboxylic acids is 1. The molecule has 1 atom stereocenters. The smallest absolute Gasteiger partial charge is 0.260 e. The molecule has 0 aliphatic rings. The Kier molecular flexibility index (Phi) is 6.55. The van der Waals surface area contributed by atoms with E-state index in [1.54, 1.807) is 13.0 Å². The van der Waals surface area contributed by atoms with Gasteiger partial charge in [-0.2, -0.15) is 0 Å². The van der Waals surface area contributed by atoms with Crippen LogP contribution in [0.25, 0.3) is 0 Å². The molecule has 1 unspecified atom stereocenters. The summed E-state index contributed by atoms with van der Waals surface area (Å²) in [5.41, 5.74) is 5.54. The van der Waals surface area contributed by atoms with E-state index in [1.165, 1.54) is 12.1 Å². The Morgan fingerprint density at radius 3 is 2.52 bits per heavy atom. The van der Waals surface area contributed by atoms with E-state index in [0.717, 1.165) is 12.8 Å². The minimum absolute atomic E-state index is 0.0152. The third-order valence-electron chi connectivity index (χ3n) is 3.22. The minimum Gasteiger partial charge on any atom is -0.481 e. The highest BCUT2D eigenvalue weighted by Gasteiger charge is 2.18. The van der Waals surface area contributed by atoms with Crippen LogP contribution < -0.4 is 15.8 Å². The maximum atomic E-state index is 13.7. The van der Waals surface area contributed by atoms with Crippen molar-refractivity contribution in [2.75, 3.05) is 0 Å². The number of nitrogens with one attached hydrogen (secondary N) is 1. The summed E-state index contributed by atoms with van der Waals surface area (Å²) in [7, 11) is 0. The van der Waals surface area contributed by atoms with Crippen LogP contribution in [0.1, 0.15) is 39.2 Å². The molecule has 0 bridgehead atoms. The third-order valence-corrected chi connectivity index (χ3v) is 3.44. The number of benzene rings is 1. The highest BCUT2D eigenvalue weighted by atomic mass is 32.1. The molecule has 1 aromatic carbocycles. The SMILES string of the molecule is CCC(CC)NC(=O)C(C)Oc1ccc(C(N)=S)c(F)c1. The van der Waals surface area contributed by atoms with Crippen molar-refractivity contribution in [3.05, 3.63) is 29.6 Å². The van der Waals surface area contributed by atoms with Crippen molar-refractivity contribution < 1.29 is 13.9 Å². The second kappa shape index (κ2) is 7.93. The number of carbonyl (C=O) groups is 1. The zero-order chi connectivity index (χ0) is 16.0. The maximum Gasteiger partial charge on any atom is 0.260 e. The van der Waals surface area contributed by atoms with Crippen LogP contribution in [-0.2, 0) is 4.79 Å². The summed E-state index contributed by atoms with van der Waals surface area (Å²) in [5, 5.41) is 2.88.